The van der Waals surface area contributed by atoms with Crippen LogP contribution in [0, 0.1) is 0 Å². The van der Waals surface area contributed by atoms with Gasteiger partial charge in [-0.2, -0.15) is 10.2 Å². The largest absolute Gasteiger partial charge is 0.251 e. The van der Waals surface area contributed by atoms with Gasteiger partial charge < -0.3 is 0 Å². The first-order chi connectivity index (χ1) is 9.77. The number of hydrogen-bond donors (Lipinski definition) is 0. The molecule has 20 heavy (non-hydrogen) atoms. The van der Waals surface area contributed by atoms with Crippen molar-refractivity contribution >= 4 is 24.1 Å². The van der Waals surface area contributed by atoms with Crippen LogP contribution in [0.1, 0.15) is 0 Å². The third kappa shape index (κ3) is 3.88. The Bertz CT molecular complexity index is 513. The lowest BCUT2D eigenvalue weighted by Gasteiger charge is -2.11. The van der Waals surface area contributed by atoms with Gasteiger partial charge in [0, 0.05) is 26.5 Å². The second-order valence-electron chi connectivity index (χ2n) is 3.95. The van der Waals surface area contributed by atoms with Crippen LogP contribution in [-0.4, -0.2) is 36.5 Å². The number of rotatable bonds is 5. The summed E-state index contributed by atoms with van der Waals surface area (Å²) < 4.78 is 0. The second kappa shape index (κ2) is 6.98. The quantitative estimate of drug-likeness (QED) is 0.615. The maximum Gasteiger partial charge on any atom is 0.148 e. The molecule has 2 aromatic heterocycles. The van der Waals surface area contributed by atoms with Gasteiger partial charge in [-0.25, -0.2) is 9.97 Å². The van der Waals surface area contributed by atoms with E-state index in [9.17, 15) is 0 Å². The van der Waals surface area contributed by atoms with E-state index < -0.39 is 0 Å². The van der Waals surface area contributed by atoms with Gasteiger partial charge in [-0.15, -0.1) is 0 Å². The van der Waals surface area contributed by atoms with Crippen LogP contribution in [-0.2, 0) is 0 Å². The number of anilines is 2. The van der Waals surface area contributed by atoms with E-state index in [2.05, 4.69) is 20.2 Å². The van der Waals surface area contributed by atoms with Crippen molar-refractivity contribution in [3.63, 3.8) is 0 Å². The third-order valence-electron chi connectivity index (χ3n) is 2.51. The normalized spacial score (nSPS) is 11.1. The van der Waals surface area contributed by atoms with Crippen molar-refractivity contribution in [2.75, 3.05) is 24.1 Å². The SMILES string of the molecule is CN(/N=C/C=N/N(C)c1ccccn1)c1ccccn1. The minimum atomic E-state index is 0.773. The number of hydrogen-bond acceptors (Lipinski definition) is 6. The lowest BCUT2D eigenvalue weighted by Crippen LogP contribution is -2.12. The molecule has 0 atom stereocenters. The highest BCUT2D eigenvalue weighted by atomic mass is 15.5. The van der Waals surface area contributed by atoms with Crippen LogP contribution in [0.4, 0.5) is 11.6 Å². The summed E-state index contributed by atoms with van der Waals surface area (Å²) in [5.41, 5.74) is 0. The molecule has 0 fully saturated rings. The molecular weight excluding hydrogens is 252 g/mol. The molecule has 2 aromatic rings. The Balaban J connectivity index is 1.91. The van der Waals surface area contributed by atoms with Crippen LogP contribution in [0.2, 0.25) is 0 Å². The Morgan fingerprint density at radius 2 is 1.25 bits per heavy atom. The van der Waals surface area contributed by atoms with Crippen molar-refractivity contribution in [3.8, 4) is 0 Å². The number of pyridine rings is 2. The molecule has 0 aliphatic carbocycles. The standard InChI is InChI=1S/C14H16N6/c1-19(13-7-3-5-9-15-13)17-11-12-18-20(2)14-8-4-6-10-16-14/h3-12H,1-2H3/b17-11+,18-12+. The topological polar surface area (TPSA) is 57.0 Å². The maximum atomic E-state index is 4.21. The van der Waals surface area contributed by atoms with E-state index in [1.807, 2.05) is 50.5 Å². The molecule has 102 valence electrons. The summed E-state index contributed by atoms with van der Waals surface area (Å²) in [7, 11) is 3.66. The van der Waals surface area contributed by atoms with E-state index in [1.54, 1.807) is 34.8 Å². The average molecular weight is 268 g/mol. The molecule has 0 radical (unpaired) electrons. The molecule has 0 saturated carbocycles. The third-order valence-corrected chi connectivity index (χ3v) is 2.51. The molecule has 6 heteroatoms. The zero-order valence-electron chi connectivity index (χ0n) is 11.5. The minimum absolute atomic E-state index is 0.773. The minimum Gasteiger partial charge on any atom is -0.251 e. The van der Waals surface area contributed by atoms with Gasteiger partial charge in [0.15, 0.2) is 0 Å². The molecule has 0 aliphatic heterocycles. The molecule has 2 heterocycles. The van der Waals surface area contributed by atoms with Crippen LogP contribution >= 0.6 is 0 Å². The van der Waals surface area contributed by atoms with Crippen molar-refractivity contribution in [2.24, 2.45) is 10.2 Å². The Morgan fingerprint density at radius 1 is 0.800 bits per heavy atom. The predicted octanol–water partition coefficient (Wildman–Crippen LogP) is 2.02. The fourth-order valence-electron chi connectivity index (χ4n) is 1.47. The van der Waals surface area contributed by atoms with E-state index in [0.717, 1.165) is 11.6 Å². The van der Waals surface area contributed by atoms with Gasteiger partial charge in [-0.05, 0) is 24.3 Å². The first-order valence-corrected chi connectivity index (χ1v) is 6.13. The van der Waals surface area contributed by atoms with Crippen molar-refractivity contribution in [3.05, 3.63) is 48.8 Å². The van der Waals surface area contributed by atoms with Crippen LogP contribution in [0.15, 0.2) is 59.0 Å². The highest BCUT2D eigenvalue weighted by Crippen LogP contribution is 2.06. The zero-order valence-corrected chi connectivity index (χ0v) is 11.5. The van der Waals surface area contributed by atoms with Gasteiger partial charge in [0.2, 0.25) is 0 Å². The van der Waals surface area contributed by atoms with Gasteiger partial charge in [0.1, 0.15) is 11.6 Å². The lowest BCUT2D eigenvalue weighted by atomic mass is 10.5. The summed E-state index contributed by atoms with van der Waals surface area (Å²) in [5, 5.41) is 11.8. The monoisotopic (exact) mass is 268 g/mol. The fraction of sp³-hybridized carbons (Fsp3) is 0.143. The Morgan fingerprint density at radius 3 is 1.60 bits per heavy atom. The molecule has 0 saturated heterocycles. The summed E-state index contributed by atoms with van der Waals surface area (Å²) in [5.74, 6) is 1.55. The summed E-state index contributed by atoms with van der Waals surface area (Å²) >= 11 is 0. The molecule has 2 rings (SSSR count). The lowest BCUT2D eigenvalue weighted by molar-refractivity contribution is 0.978. The van der Waals surface area contributed by atoms with Gasteiger partial charge in [-0.3, -0.25) is 10.0 Å². The molecule has 0 aliphatic rings. The van der Waals surface area contributed by atoms with E-state index in [4.69, 9.17) is 0 Å². The van der Waals surface area contributed by atoms with E-state index in [0.29, 0.717) is 0 Å². The first-order valence-electron chi connectivity index (χ1n) is 6.13. The zero-order chi connectivity index (χ0) is 14.2. The Labute approximate surface area is 118 Å². The highest BCUT2D eigenvalue weighted by molar-refractivity contribution is 6.16. The second-order valence-corrected chi connectivity index (χ2v) is 3.95. The van der Waals surface area contributed by atoms with Crippen molar-refractivity contribution < 1.29 is 0 Å². The van der Waals surface area contributed by atoms with Crippen LogP contribution in [0.5, 0.6) is 0 Å². The number of aromatic nitrogens is 2. The van der Waals surface area contributed by atoms with Gasteiger partial charge >= 0.3 is 0 Å². The van der Waals surface area contributed by atoms with Gasteiger partial charge in [-0.1, -0.05) is 12.1 Å². The Hall–Kier alpha value is -2.76. The number of hydrazone groups is 2. The van der Waals surface area contributed by atoms with Gasteiger partial charge in [0.05, 0.1) is 12.4 Å². The van der Waals surface area contributed by atoms with Crippen LogP contribution in [0.25, 0.3) is 0 Å². The van der Waals surface area contributed by atoms with E-state index >= 15 is 0 Å². The maximum absolute atomic E-state index is 4.21. The molecule has 0 bridgehead atoms. The average Bonchev–Trinajstić information content (AvgIpc) is 2.53. The van der Waals surface area contributed by atoms with Crippen LogP contribution < -0.4 is 10.0 Å². The Kier molecular flexibility index (Phi) is 4.77. The van der Waals surface area contributed by atoms with E-state index in [-0.39, 0.29) is 0 Å². The molecule has 0 amide bonds. The summed E-state index contributed by atoms with van der Waals surface area (Å²) in [4.78, 5) is 8.37. The van der Waals surface area contributed by atoms with Crippen molar-refractivity contribution in [1.82, 2.24) is 9.97 Å². The summed E-state index contributed by atoms with van der Waals surface area (Å²) in [6.07, 6.45) is 6.66. The highest BCUT2D eigenvalue weighted by Gasteiger charge is 1.97. The summed E-state index contributed by atoms with van der Waals surface area (Å²) in [6.45, 7) is 0. The summed E-state index contributed by atoms with van der Waals surface area (Å²) in [6, 6.07) is 11.3. The van der Waals surface area contributed by atoms with Crippen LogP contribution in [0.3, 0.4) is 0 Å². The van der Waals surface area contributed by atoms with Gasteiger partial charge in [0.25, 0.3) is 0 Å². The molecule has 0 aromatic carbocycles. The number of nitrogens with zero attached hydrogens (tertiary/aromatic N) is 6. The first kappa shape index (κ1) is 13.7. The molecule has 0 spiro atoms. The van der Waals surface area contributed by atoms with Crippen molar-refractivity contribution in [2.45, 2.75) is 0 Å². The molecule has 6 nitrogen and oxygen atoms in total. The predicted molar refractivity (Wildman–Crippen MR) is 82.3 cm³/mol. The van der Waals surface area contributed by atoms with Crippen molar-refractivity contribution in [1.29, 1.82) is 0 Å². The van der Waals surface area contributed by atoms with E-state index in [1.165, 1.54) is 0 Å². The fourth-order valence-corrected chi connectivity index (χ4v) is 1.47. The smallest absolute Gasteiger partial charge is 0.148 e. The molecule has 0 unspecified atom stereocenters. The molecular formula is C14H16N6. The molecule has 0 N–H and O–H groups in total.